The standard InChI is InChI=1S/C21H19F3N4O3S2/c1-12(25-13(2)29)14-3-5-15(6-4-14)18(30)11-32-20-28-27-19(33-20)26-16-7-9-17(10-8-16)31-21(22,23)24/h3-10,12H,11H2,1-2H3,(H,25,29)(H,26,27). The third-order valence-corrected chi connectivity index (χ3v) is 6.20. The smallest absolute Gasteiger partial charge is 0.406 e. The van der Waals surface area contributed by atoms with E-state index in [2.05, 4.69) is 25.6 Å². The molecule has 3 aromatic rings. The average Bonchev–Trinajstić information content (AvgIpc) is 3.19. The van der Waals surface area contributed by atoms with E-state index in [4.69, 9.17) is 0 Å². The third-order valence-electron chi connectivity index (χ3n) is 4.22. The predicted molar refractivity (Wildman–Crippen MR) is 120 cm³/mol. The molecule has 1 atom stereocenters. The van der Waals surface area contributed by atoms with Gasteiger partial charge in [0, 0.05) is 18.2 Å². The Hall–Kier alpha value is -3.12. The number of nitrogens with one attached hydrogen (secondary N) is 2. The Kier molecular flexibility index (Phi) is 7.92. The van der Waals surface area contributed by atoms with Gasteiger partial charge in [-0.1, -0.05) is 47.4 Å². The van der Waals surface area contributed by atoms with E-state index in [-0.39, 0.29) is 29.2 Å². The minimum atomic E-state index is -4.75. The van der Waals surface area contributed by atoms with Gasteiger partial charge in [0.2, 0.25) is 11.0 Å². The zero-order valence-corrected chi connectivity index (χ0v) is 19.1. The number of ether oxygens (including phenoxy) is 1. The minimum Gasteiger partial charge on any atom is -0.406 e. The Balaban J connectivity index is 1.51. The molecular weight excluding hydrogens is 477 g/mol. The monoisotopic (exact) mass is 496 g/mol. The number of halogens is 3. The zero-order chi connectivity index (χ0) is 24.0. The zero-order valence-electron chi connectivity index (χ0n) is 17.5. The van der Waals surface area contributed by atoms with Crippen LogP contribution in [0.4, 0.5) is 24.0 Å². The molecule has 0 saturated carbocycles. The van der Waals surface area contributed by atoms with Gasteiger partial charge in [-0.2, -0.15) is 0 Å². The molecule has 2 N–H and O–H groups in total. The molecule has 0 spiro atoms. The van der Waals surface area contributed by atoms with Crippen LogP contribution in [0, 0.1) is 0 Å². The van der Waals surface area contributed by atoms with E-state index in [1.54, 1.807) is 24.3 Å². The second-order valence-corrected chi connectivity index (χ2v) is 9.03. The predicted octanol–water partition coefficient (Wildman–Crippen LogP) is 5.35. The van der Waals surface area contributed by atoms with Crippen LogP contribution >= 0.6 is 23.1 Å². The van der Waals surface area contributed by atoms with Crippen molar-refractivity contribution in [1.29, 1.82) is 0 Å². The van der Waals surface area contributed by atoms with Crippen molar-refractivity contribution >= 4 is 45.6 Å². The molecule has 33 heavy (non-hydrogen) atoms. The summed E-state index contributed by atoms with van der Waals surface area (Å²) >= 11 is 2.45. The van der Waals surface area contributed by atoms with Gasteiger partial charge in [0.05, 0.1) is 11.8 Å². The first-order valence-corrected chi connectivity index (χ1v) is 11.4. The van der Waals surface area contributed by atoms with Gasteiger partial charge in [0.1, 0.15) is 5.75 Å². The van der Waals surface area contributed by atoms with Crippen LogP contribution in [0.15, 0.2) is 52.9 Å². The Labute approximate surface area is 195 Å². The number of nitrogens with zero attached hydrogens (tertiary/aromatic N) is 2. The van der Waals surface area contributed by atoms with Crippen molar-refractivity contribution in [2.75, 3.05) is 11.1 Å². The highest BCUT2D eigenvalue weighted by molar-refractivity contribution is 8.01. The fourth-order valence-corrected chi connectivity index (χ4v) is 4.41. The first-order chi connectivity index (χ1) is 15.6. The van der Waals surface area contributed by atoms with E-state index in [9.17, 15) is 22.8 Å². The number of anilines is 2. The van der Waals surface area contributed by atoms with Crippen LogP contribution in [0.5, 0.6) is 5.75 Å². The number of thioether (sulfide) groups is 1. The molecule has 1 heterocycles. The lowest BCUT2D eigenvalue weighted by atomic mass is 10.0. The number of rotatable bonds is 9. The van der Waals surface area contributed by atoms with Crippen LogP contribution in [-0.2, 0) is 4.79 Å². The quantitative estimate of drug-likeness (QED) is 0.305. The van der Waals surface area contributed by atoms with Gasteiger partial charge >= 0.3 is 6.36 Å². The molecule has 0 aliphatic rings. The van der Waals surface area contributed by atoms with Gasteiger partial charge in [0.15, 0.2) is 10.1 Å². The number of benzene rings is 2. The Bertz CT molecular complexity index is 1100. The van der Waals surface area contributed by atoms with Crippen molar-refractivity contribution in [2.24, 2.45) is 0 Å². The lowest BCUT2D eigenvalue weighted by Crippen LogP contribution is -2.23. The summed E-state index contributed by atoms with van der Waals surface area (Å²) in [4.78, 5) is 23.6. The number of hydrogen-bond donors (Lipinski definition) is 2. The van der Waals surface area contributed by atoms with E-state index in [0.717, 1.165) is 5.56 Å². The van der Waals surface area contributed by atoms with Crippen molar-refractivity contribution in [3.8, 4) is 5.75 Å². The molecule has 0 aliphatic heterocycles. The second kappa shape index (κ2) is 10.7. The van der Waals surface area contributed by atoms with Crippen LogP contribution in [0.1, 0.15) is 35.8 Å². The van der Waals surface area contributed by atoms with Crippen molar-refractivity contribution in [3.63, 3.8) is 0 Å². The van der Waals surface area contributed by atoms with Crippen LogP contribution in [0.25, 0.3) is 0 Å². The second-order valence-electron chi connectivity index (χ2n) is 6.83. The first-order valence-electron chi connectivity index (χ1n) is 9.58. The summed E-state index contributed by atoms with van der Waals surface area (Å²) in [6.07, 6.45) is -4.75. The van der Waals surface area contributed by atoms with Gasteiger partial charge in [-0.15, -0.1) is 23.4 Å². The fraction of sp³-hybridized carbons (Fsp3) is 0.238. The lowest BCUT2D eigenvalue weighted by molar-refractivity contribution is -0.274. The van der Waals surface area contributed by atoms with E-state index in [1.807, 2.05) is 6.92 Å². The van der Waals surface area contributed by atoms with Gasteiger partial charge in [-0.05, 0) is 36.8 Å². The maximum atomic E-state index is 12.5. The molecule has 7 nitrogen and oxygen atoms in total. The summed E-state index contributed by atoms with van der Waals surface area (Å²) in [6, 6.07) is 12.1. The number of alkyl halides is 3. The van der Waals surface area contributed by atoms with Gasteiger partial charge in [-0.3, -0.25) is 9.59 Å². The molecule has 0 saturated heterocycles. The molecular formula is C21H19F3N4O3S2. The molecule has 0 bridgehead atoms. The Morgan fingerprint density at radius 3 is 2.36 bits per heavy atom. The fourth-order valence-electron chi connectivity index (χ4n) is 2.74. The Morgan fingerprint density at radius 2 is 1.76 bits per heavy atom. The highest BCUT2D eigenvalue weighted by atomic mass is 32.2. The molecule has 1 unspecified atom stereocenters. The van der Waals surface area contributed by atoms with E-state index < -0.39 is 6.36 Å². The molecule has 0 aliphatic carbocycles. The van der Waals surface area contributed by atoms with Crippen LogP contribution in [-0.4, -0.2) is 34.0 Å². The topological polar surface area (TPSA) is 93.2 Å². The number of hydrogen-bond acceptors (Lipinski definition) is 8. The number of aromatic nitrogens is 2. The van der Waals surface area contributed by atoms with Crippen LogP contribution in [0.3, 0.4) is 0 Å². The molecule has 174 valence electrons. The average molecular weight is 497 g/mol. The van der Waals surface area contributed by atoms with E-state index in [1.165, 1.54) is 54.3 Å². The molecule has 12 heteroatoms. The highest BCUT2D eigenvalue weighted by Gasteiger charge is 2.30. The maximum Gasteiger partial charge on any atom is 0.573 e. The number of Topliss-reactive ketones (excluding diaryl/α,β-unsaturated/α-hetero) is 1. The maximum absolute atomic E-state index is 12.5. The summed E-state index contributed by atoms with van der Waals surface area (Å²) in [5.74, 6) is -0.363. The van der Waals surface area contributed by atoms with E-state index >= 15 is 0 Å². The number of ketones is 1. The Morgan fingerprint density at radius 1 is 1.09 bits per heavy atom. The molecule has 3 rings (SSSR count). The number of amides is 1. The largest absolute Gasteiger partial charge is 0.573 e. The number of carbonyl (C=O) groups is 2. The summed E-state index contributed by atoms with van der Waals surface area (Å²) in [5.41, 5.74) is 1.96. The highest BCUT2D eigenvalue weighted by Crippen LogP contribution is 2.30. The van der Waals surface area contributed by atoms with Gasteiger partial charge in [-0.25, -0.2) is 0 Å². The molecule has 0 radical (unpaired) electrons. The minimum absolute atomic E-state index is 0.0799. The van der Waals surface area contributed by atoms with E-state index in [0.29, 0.717) is 20.7 Å². The molecule has 1 amide bonds. The van der Waals surface area contributed by atoms with Crippen molar-refractivity contribution in [1.82, 2.24) is 15.5 Å². The van der Waals surface area contributed by atoms with Crippen LogP contribution < -0.4 is 15.4 Å². The summed E-state index contributed by atoms with van der Waals surface area (Å²) in [7, 11) is 0. The molecule has 0 fully saturated rings. The molecule has 2 aromatic carbocycles. The van der Waals surface area contributed by atoms with Crippen LogP contribution in [0.2, 0.25) is 0 Å². The normalized spacial score (nSPS) is 12.2. The van der Waals surface area contributed by atoms with Crippen molar-refractivity contribution < 1.29 is 27.5 Å². The van der Waals surface area contributed by atoms with Crippen molar-refractivity contribution in [3.05, 3.63) is 59.7 Å². The number of carbonyl (C=O) groups excluding carboxylic acids is 2. The molecule has 1 aromatic heterocycles. The summed E-state index contributed by atoms with van der Waals surface area (Å²) < 4.78 is 41.1. The van der Waals surface area contributed by atoms with Gasteiger partial charge in [0.25, 0.3) is 0 Å². The van der Waals surface area contributed by atoms with Gasteiger partial charge < -0.3 is 15.4 Å². The first kappa shape index (κ1) is 24.5. The summed E-state index contributed by atoms with van der Waals surface area (Å²) in [5, 5.41) is 14.2. The summed E-state index contributed by atoms with van der Waals surface area (Å²) in [6.45, 7) is 3.31. The third kappa shape index (κ3) is 7.75. The van der Waals surface area contributed by atoms with Crippen molar-refractivity contribution in [2.45, 2.75) is 30.6 Å². The SMILES string of the molecule is CC(=O)NC(C)c1ccc(C(=O)CSc2nnc(Nc3ccc(OC(F)(F)F)cc3)s2)cc1. The lowest BCUT2D eigenvalue weighted by Gasteiger charge is -2.13.